The zero-order valence-electron chi connectivity index (χ0n) is 17.1. The molecule has 1 fully saturated rings. The monoisotopic (exact) mass is 432 g/mol. The van der Waals surface area contributed by atoms with Gasteiger partial charge in [-0.05, 0) is 56.4 Å². The van der Waals surface area contributed by atoms with E-state index in [1.165, 1.54) is 12.4 Å². The summed E-state index contributed by atoms with van der Waals surface area (Å²) in [7, 11) is -3.71. The Morgan fingerprint density at radius 2 is 1.90 bits per heavy atom. The first-order valence-corrected chi connectivity index (χ1v) is 11.6. The number of sulfonamides is 1. The van der Waals surface area contributed by atoms with Crippen LogP contribution in [-0.2, 0) is 10.0 Å². The van der Waals surface area contributed by atoms with E-state index in [1.807, 2.05) is 35.1 Å². The zero-order valence-corrected chi connectivity index (χ0v) is 17.9. The second-order valence-electron chi connectivity index (χ2n) is 8.05. The molecule has 0 spiro atoms. The number of hydrogen-bond acceptors (Lipinski definition) is 6. The molecule has 31 heavy (non-hydrogen) atoms. The Balaban J connectivity index is 1.68. The first-order valence-electron chi connectivity index (χ1n) is 10.1. The van der Waals surface area contributed by atoms with Crippen LogP contribution in [0.3, 0.4) is 0 Å². The van der Waals surface area contributed by atoms with Crippen molar-refractivity contribution in [2.45, 2.75) is 43.5 Å². The first-order chi connectivity index (χ1) is 14.9. The van der Waals surface area contributed by atoms with E-state index in [1.54, 1.807) is 13.8 Å². The topological polar surface area (TPSA) is 114 Å². The lowest BCUT2D eigenvalue weighted by molar-refractivity contribution is 0.569. The summed E-state index contributed by atoms with van der Waals surface area (Å²) in [6.45, 7) is 3.49. The smallest absolute Gasteiger partial charge is 0.243 e. The highest BCUT2D eigenvalue weighted by Crippen LogP contribution is 2.42. The lowest BCUT2D eigenvalue weighted by Crippen LogP contribution is -2.30. The molecule has 0 saturated heterocycles. The molecule has 0 atom stereocenters. The van der Waals surface area contributed by atoms with Gasteiger partial charge in [0.1, 0.15) is 22.3 Å². The number of aromatic nitrogens is 4. The Kier molecular flexibility index (Phi) is 4.50. The molecular weight excluding hydrogens is 412 g/mol. The van der Waals surface area contributed by atoms with Crippen LogP contribution in [0.2, 0.25) is 0 Å². The van der Waals surface area contributed by atoms with Gasteiger partial charge in [0.15, 0.2) is 5.82 Å². The number of fused-ring (bicyclic) bond motifs is 1. The van der Waals surface area contributed by atoms with Gasteiger partial charge in [0.2, 0.25) is 10.0 Å². The number of hydrogen-bond donors (Lipinski definition) is 1. The molecule has 1 saturated carbocycles. The van der Waals surface area contributed by atoms with Crippen molar-refractivity contribution in [1.29, 1.82) is 5.26 Å². The molecule has 3 aromatic rings. The molecule has 5 rings (SSSR count). The highest BCUT2D eigenvalue weighted by atomic mass is 32.2. The third-order valence-electron chi connectivity index (χ3n) is 5.32. The molecule has 9 heteroatoms. The van der Waals surface area contributed by atoms with Crippen LogP contribution in [0.15, 0.2) is 47.8 Å². The van der Waals surface area contributed by atoms with Crippen LogP contribution in [0, 0.1) is 11.3 Å². The number of rotatable bonds is 6. The van der Waals surface area contributed by atoms with Gasteiger partial charge >= 0.3 is 0 Å². The van der Waals surface area contributed by atoms with E-state index in [0.29, 0.717) is 22.8 Å². The largest absolute Gasteiger partial charge is 0.290 e. The molecular formula is C22H20N6O2S. The van der Waals surface area contributed by atoms with Gasteiger partial charge in [-0.1, -0.05) is 6.08 Å². The van der Waals surface area contributed by atoms with E-state index >= 15 is 0 Å². The van der Waals surface area contributed by atoms with E-state index in [4.69, 9.17) is 0 Å². The highest BCUT2D eigenvalue weighted by Gasteiger charge is 2.28. The van der Waals surface area contributed by atoms with Crippen LogP contribution in [-0.4, -0.2) is 34.0 Å². The fraction of sp³-hybridized carbons (Fsp3) is 0.273. The third-order valence-corrected chi connectivity index (χ3v) is 6.94. The molecule has 0 bridgehead atoms. The number of nitrogens with zero attached hydrogens (tertiary/aromatic N) is 5. The summed E-state index contributed by atoms with van der Waals surface area (Å²) in [5.41, 5.74) is 3.60. The number of nitrogens with one attached hydrogen (secondary N) is 1. The average Bonchev–Trinajstić information content (AvgIpc) is 3.49. The molecule has 1 N–H and O–H groups in total. The molecule has 0 aromatic carbocycles. The Hall–Kier alpha value is -3.35. The molecule has 2 aliphatic carbocycles. The predicted octanol–water partition coefficient (Wildman–Crippen LogP) is 3.34. The molecule has 2 aliphatic rings. The Labute approximate surface area is 180 Å². The summed E-state index contributed by atoms with van der Waals surface area (Å²) >= 11 is 0. The maximum Gasteiger partial charge on any atom is 0.243 e. The van der Waals surface area contributed by atoms with Crippen LogP contribution in [0.25, 0.3) is 28.2 Å². The Bertz CT molecular complexity index is 1400. The van der Waals surface area contributed by atoms with Crippen molar-refractivity contribution in [2.24, 2.45) is 0 Å². The summed E-state index contributed by atoms with van der Waals surface area (Å²) in [6, 6.07) is 4.08. The third kappa shape index (κ3) is 3.34. The maximum absolute atomic E-state index is 12.4. The van der Waals surface area contributed by atoms with Crippen LogP contribution >= 0.6 is 0 Å². The quantitative estimate of drug-likeness (QED) is 0.639. The molecule has 0 aliphatic heterocycles. The number of nitriles is 1. The molecule has 156 valence electrons. The fourth-order valence-corrected chi connectivity index (χ4v) is 4.82. The van der Waals surface area contributed by atoms with E-state index in [0.717, 1.165) is 29.5 Å². The van der Waals surface area contributed by atoms with Gasteiger partial charge in [0, 0.05) is 23.3 Å². The van der Waals surface area contributed by atoms with Crippen LogP contribution in [0.4, 0.5) is 0 Å². The molecule has 0 amide bonds. The second kappa shape index (κ2) is 7.11. The lowest BCUT2D eigenvalue weighted by atomic mass is 10.1. The van der Waals surface area contributed by atoms with Gasteiger partial charge in [0.05, 0.1) is 18.0 Å². The molecule has 0 radical (unpaired) electrons. The summed E-state index contributed by atoms with van der Waals surface area (Å²) in [5, 5.41) is 10.8. The Morgan fingerprint density at radius 1 is 1.19 bits per heavy atom. The molecule has 8 nitrogen and oxygen atoms in total. The summed E-state index contributed by atoms with van der Waals surface area (Å²) < 4.78 is 29.2. The number of pyridine rings is 1. The summed E-state index contributed by atoms with van der Waals surface area (Å²) in [5.74, 6) is 0.777. The lowest BCUT2D eigenvalue weighted by Gasteiger charge is -2.14. The summed E-state index contributed by atoms with van der Waals surface area (Å²) in [6.07, 6.45) is 12.4. The van der Waals surface area contributed by atoms with Crippen LogP contribution in [0.1, 0.15) is 43.7 Å². The number of allylic oxidation sites excluding steroid dienone is 4. The Morgan fingerprint density at radius 3 is 2.45 bits per heavy atom. The molecule has 3 heterocycles. The van der Waals surface area contributed by atoms with Gasteiger partial charge in [-0.25, -0.2) is 28.1 Å². The van der Waals surface area contributed by atoms with Crippen molar-refractivity contribution < 1.29 is 8.42 Å². The minimum atomic E-state index is -3.71. The van der Waals surface area contributed by atoms with Gasteiger partial charge in [-0.15, -0.1) is 0 Å². The van der Waals surface area contributed by atoms with E-state index in [2.05, 4.69) is 25.7 Å². The fourth-order valence-electron chi connectivity index (χ4n) is 3.68. The van der Waals surface area contributed by atoms with E-state index < -0.39 is 10.0 Å². The highest BCUT2D eigenvalue weighted by molar-refractivity contribution is 7.89. The first kappa shape index (κ1) is 19.6. The SMILES string of the molecule is CC(C)NS(=O)(=O)c1cnc(-c2c(C#N)c3cc(C4CC4)cnc3n2C2=CC=C2)nc1. The van der Waals surface area contributed by atoms with Gasteiger partial charge < -0.3 is 0 Å². The standard InChI is InChI=1S/C22H20N6O2S/c1-13(2)27-31(29,30)17-11-24-21(25-12-17)20-19(9-23)18-8-15(14-6-7-14)10-26-22(18)28(20)16-4-3-5-16/h3-5,8,10-14,27H,6-7H2,1-2H3. The van der Waals surface area contributed by atoms with Gasteiger partial charge in [-0.3, -0.25) is 4.57 Å². The van der Waals surface area contributed by atoms with Crippen LogP contribution in [0.5, 0.6) is 0 Å². The van der Waals surface area contributed by atoms with Crippen molar-refractivity contribution in [2.75, 3.05) is 0 Å². The zero-order chi connectivity index (χ0) is 21.8. The van der Waals surface area contributed by atoms with Gasteiger partial charge in [0.25, 0.3) is 0 Å². The minimum Gasteiger partial charge on any atom is -0.290 e. The van der Waals surface area contributed by atoms with Crippen molar-refractivity contribution >= 4 is 26.8 Å². The summed E-state index contributed by atoms with van der Waals surface area (Å²) in [4.78, 5) is 13.3. The normalized spacial score (nSPS) is 15.7. The molecule has 0 unspecified atom stereocenters. The second-order valence-corrected chi connectivity index (χ2v) is 9.77. The maximum atomic E-state index is 12.4. The van der Waals surface area contributed by atoms with E-state index in [-0.39, 0.29) is 16.8 Å². The van der Waals surface area contributed by atoms with Crippen molar-refractivity contribution in [3.05, 3.63) is 54.0 Å². The van der Waals surface area contributed by atoms with Crippen molar-refractivity contribution in [3.63, 3.8) is 0 Å². The predicted molar refractivity (Wildman–Crippen MR) is 116 cm³/mol. The minimum absolute atomic E-state index is 0.0250. The van der Waals surface area contributed by atoms with E-state index in [9.17, 15) is 13.7 Å². The average molecular weight is 433 g/mol. The molecule has 3 aromatic heterocycles. The van der Waals surface area contributed by atoms with Crippen molar-refractivity contribution in [1.82, 2.24) is 24.2 Å². The van der Waals surface area contributed by atoms with Crippen molar-refractivity contribution in [3.8, 4) is 17.6 Å². The van der Waals surface area contributed by atoms with Gasteiger partial charge in [-0.2, -0.15) is 5.26 Å². The van der Waals surface area contributed by atoms with Crippen LogP contribution < -0.4 is 4.72 Å².